The molecule has 0 radical (unpaired) electrons. The third-order valence-corrected chi connectivity index (χ3v) is 2.20. The van der Waals surface area contributed by atoms with E-state index in [9.17, 15) is 17.6 Å². The Labute approximate surface area is 112 Å². The van der Waals surface area contributed by atoms with Crippen LogP contribution >= 0.6 is 15.9 Å². The largest absolute Gasteiger partial charge is 0.390 e. The van der Waals surface area contributed by atoms with Crippen LogP contribution in [0.15, 0.2) is 39.4 Å². The van der Waals surface area contributed by atoms with Crippen LogP contribution in [0.1, 0.15) is 13.3 Å². The molecule has 0 aliphatic rings. The van der Waals surface area contributed by atoms with Crippen LogP contribution in [0.4, 0.5) is 17.6 Å². The minimum Gasteiger partial charge on any atom is -0.292 e. The molecule has 0 amide bonds. The van der Waals surface area contributed by atoms with Gasteiger partial charge in [-0.2, -0.15) is 13.2 Å². The van der Waals surface area contributed by atoms with Gasteiger partial charge in [0.15, 0.2) is 0 Å². The van der Waals surface area contributed by atoms with Gasteiger partial charge < -0.3 is 0 Å². The van der Waals surface area contributed by atoms with E-state index < -0.39 is 25.8 Å². The smallest absolute Gasteiger partial charge is 0.292 e. The van der Waals surface area contributed by atoms with E-state index in [1.165, 1.54) is 0 Å². The Hall–Kier alpha value is -0.910. The highest BCUT2D eigenvalue weighted by Crippen LogP contribution is 2.19. The Morgan fingerprint density at radius 2 is 1.94 bits per heavy atom. The van der Waals surface area contributed by atoms with Crippen LogP contribution in [0.2, 0.25) is 0 Å². The molecule has 18 heavy (non-hydrogen) atoms. The highest BCUT2D eigenvalue weighted by Gasteiger charge is 2.25. The second-order valence-electron chi connectivity index (χ2n) is 3.52. The maximum Gasteiger partial charge on any atom is 0.390 e. The average molecular weight is 328 g/mol. The Kier molecular flexibility index (Phi) is 7.82. The van der Waals surface area contributed by atoms with Crippen LogP contribution < -0.4 is 0 Å². The first-order valence-corrected chi connectivity index (χ1v) is 5.90. The molecule has 0 saturated carbocycles. The van der Waals surface area contributed by atoms with E-state index >= 15 is 0 Å². The first-order chi connectivity index (χ1) is 8.26. The number of hydrogen-bond donors (Lipinski definition) is 0. The molecule has 0 bridgehead atoms. The summed E-state index contributed by atoms with van der Waals surface area (Å²) in [6.07, 6.45) is -0.867. The Bertz CT molecular complexity index is 367. The molecule has 6 heteroatoms. The van der Waals surface area contributed by atoms with Crippen molar-refractivity contribution in [2.75, 3.05) is 13.2 Å². The molecule has 0 heterocycles. The average Bonchev–Trinajstić information content (AvgIpc) is 2.24. The van der Waals surface area contributed by atoms with Crippen molar-refractivity contribution in [1.82, 2.24) is 0 Å². The van der Waals surface area contributed by atoms with Crippen molar-refractivity contribution in [3.63, 3.8) is 0 Å². The van der Waals surface area contributed by atoms with Gasteiger partial charge in [0, 0.05) is 22.8 Å². The maximum atomic E-state index is 12.7. The standard InChI is InChI=1S/C12H14BrF4N/c1-9(3-4-10(2)13)11(7-14)8-18-6-5-12(15,16)17/h3-4,8H,2,5-7H2,1H3/b4-3-,11-9+,18-8?. The van der Waals surface area contributed by atoms with Gasteiger partial charge in [-0.1, -0.05) is 28.6 Å². The van der Waals surface area contributed by atoms with Gasteiger partial charge in [-0.15, -0.1) is 0 Å². The Balaban J connectivity index is 4.54. The SMILES string of the molecule is C=C(Br)/C=C\C(C)=C(\C=NCCC(F)(F)F)CF. The first-order valence-electron chi connectivity index (χ1n) is 5.11. The summed E-state index contributed by atoms with van der Waals surface area (Å²) >= 11 is 3.10. The van der Waals surface area contributed by atoms with Gasteiger partial charge in [-0.25, -0.2) is 4.39 Å². The van der Waals surface area contributed by atoms with Crippen molar-refractivity contribution >= 4 is 22.1 Å². The molecule has 0 aromatic carbocycles. The fourth-order valence-corrected chi connectivity index (χ4v) is 1.06. The lowest BCUT2D eigenvalue weighted by molar-refractivity contribution is -0.132. The van der Waals surface area contributed by atoms with Gasteiger partial charge >= 0.3 is 6.18 Å². The van der Waals surface area contributed by atoms with Gasteiger partial charge in [0.2, 0.25) is 0 Å². The Morgan fingerprint density at radius 1 is 1.33 bits per heavy atom. The zero-order valence-corrected chi connectivity index (χ0v) is 11.5. The Morgan fingerprint density at radius 3 is 2.39 bits per heavy atom. The van der Waals surface area contributed by atoms with E-state index in [2.05, 4.69) is 27.5 Å². The lowest BCUT2D eigenvalue weighted by Gasteiger charge is -2.03. The van der Waals surface area contributed by atoms with Crippen molar-refractivity contribution in [2.45, 2.75) is 19.5 Å². The molecule has 0 aliphatic heterocycles. The molecule has 1 nitrogen and oxygen atoms in total. The minimum absolute atomic E-state index is 0.252. The number of alkyl halides is 4. The highest BCUT2D eigenvalue weighted by molar-refractivity contribution is 9.11. The van der Waals surface area contributed by atoms with E-state index in [4.69, 9.17) is 0 Å². The van der Waals surface area contributed by atoms with Gasteiger partial charge in [-0.3, -0.25) is 4.99 Å². The van der Waals surface area contributed by atoms with Crippen LogP contribution in [0.25, 0.3) is 0 Å². The lowest BCUT2D eigenvalue weighted by atomic mass is 10.1. The van der Waals surface area contributed by atoms with E-state index in [0.29, 0.717) is 10.1 Å². The van der Waals surface area contributed by atoms with Crippen LogP contribution in [-0.4, -0.2) is 25.6 Å². The summed E-state index contributed by atoms with van der Waals surface area (Å²) in [6.45, 7) is 4.05. The van der Waals surface area contributed by atoms with E-state index in [0.717, 1.165) is 6.21 Å². The summed E-state index contributed by atoms with van der Waals surface area (Å²) in [6, 6.07) is 0. The van der Waals surface area contributed by atoms with Gasteiger partial charge in [-0.05, 0) is 18.6 Å². The predicted molar refractivity (Wildman–Crippen MR) is 69.9 cm³/mol. The number of hydrogen-bond acceptors (Lipinski definition) is 1. The normalized spacial score (nSPS) is 14.3. The summed E-state index contributed by atoms with van der Waals surface area (Å²) in [4.78, 5) is 3.57. The predicted octanol–water partition coefficient (Wildman–Crippen LogP) is 4.76. The fourth-order valence-electron chi connectivity index (χ4n) is 0.930. The lowest BCUT2D eigenvalue weighted by Crippen LogP contribution is -2.08. The molecule has 0 aromatic heterocycles. The van der Waals surface area contributed by atoms with Crippen molar-refractivity contribution in [3.8, 4) is 0 Å². The second-order valence-corrected chi connectivity index (χ2v) is 4.54. The molecule has 0 spiro atoms. The summed E-state index contributed by atoms with van der Waals surface area (Å²) in [5.74, 6) is 0. The molecule has 0 fully saturated rings. The first kappa shape index (κ1) is 17.1. The molecule has 0 aliphatic carbocycles. The van der Waals surface area contributed by atoms with Crippen LogP contribution in [0.3, 0.4) is 0 Å². The van der Waals surface area contributed by atoms with Crippen molar-refractivity contribution in [2.24, 2.45) is 4.99 Å². The van der Waals surface area contributed by atoms with Gasteiger partial charge in [0.05, 0.1) is 6.42 Å². The monoisotopic (exact) mass is 327 g/mol. The summed E-state index contributed by atoms with van der Waals surface area (Å²) in [5.41, 5.74) is 0.844. The number of allylic oxidation sites excluding steroid dienone is 5. The molecule has 0 aromatic rings. The molecule has 0 saturated heterocycles. The zero-order chi connectivity index (χ0) is 14.2. The molecule has 0 rings (SSSR count). The third-order valence-electron chi connectivity index (χ3n) is 1.94. The minimum atomic E-state index is -4.24. The molecule has 0 unspecified atom stereocenters. The van der Waals surface area contributed by atoms with Gasteiger partial charge in [0.25, 0.3) is 0 Å². The fraction of sp³-hybridized carbons (Fsp3) is 0.417. The second kappa shape index (κ2) is 8.24. The highest BCUT2D eigenvalue weighted by atomic mass is 79.9. The number of nitrogens with zero attached hydrogens (tertiary/aromatic N) is 1. The zero-order valence-electron chi connectivity index (χ0n) is 9.90. The quantitative estimate of drug-likeness (QED) is 0.379. The van der Waals surface area contributed by atoms with Crippen LogP contribution in [-0.2, 0) is 0 Å². The van der Waals surface area contributed by atoms with E-state index in [1.807, 2.05) is 0 Å². The molecular formula is C12H14BrF4N. The third kappa shape index (κ3) is 9.15. The summed E-state index contributed by atoms with van der Waals surface area (Å²) < 4.78 is 48.8. The molecule has 0 N–H and O–H groups in total. The maximum absolute atomic E-state index is 12.7. The van der Waals surface area contributed by atoms with E-state index in [-0.39, 0.29) is 5.57 Å². The topological polar surface area (TPSA) is 12.4 Å². The van der Waals surface area contributed by atoms with Crippen molar-refractivity contribution in [3.05, 3.63) is 34.4 Å². The number of aliphatic imine (C=N–C) groups is 1. The molecule has 0 atom stereocenters. The van der Waals surface area contributed by atoms with E-state index in [1.54, 1.807) is 19.1 Å². The van der Waals surface area contributed by atoms with Crippen molar-refractivity contribution in [1.29, 1.82) is 0 Å². The summed E-state index contributed by atoms with van der Waals surface area (Å²) in [5, 5.41) is 0. The number of halogens is 5. The van der Waals surface area contributed by atoms with Gasteiger partial charge in [0.1, 0.15) is 6.67 Å². The summed E-state index contributed by atoms with van der Waals surface area (Å²) in [7, 11) is 0. The van der Waals surface area contributed by atoms with Crippen LogP contribution in [0, 0.1) is 0 Å². The molecule has 102 valence electrons. The molecular weight excluding hydrogens is 314 g/mol. The van der Waals surface area contributed by atoms with Crippen LogP contribution in [0.5, 0.6) is 0 Å². The van der Waals surface area contributed by atoms with Crippen molar-refractivity contribution < 1.29 is 17.6 Å². The number of rotatable bonds is 6.